The Bertz CT molecular complexity index is 966. The molecule has 2 saturated carbocycles. The van der Waals surface area contributed by atoms with Gasteiger partial charge in [0.25, 0.3) is 0 Å². The van der Waals surface area contributed by atoms with E-state index in [9.17, 15) is 14.7 Å². The van der Waals surface area contributed by atoms with Crippen LogP contribution in [0.4, 0.5) is 0 Å². The average molecular weight is 390 g/mol. The predicted octanol–water partition coefficient (Wildman–Crippen LogP) is 4.30. The van der Waals surface area contributed by atoms with Gasteiger partial charge in [-0.3, -0.25) is 4.79 Å². The molecule has 5 unspecified atom stereocenters. The largest absolute Gasteiger partial charge is 0.423 e. The summed E-state index contributed by atoms with van der Waals surface area (Å²) >= 11 is 0. The van der Waals surface area contributed by atoms with Crippen molar-refractivity contribution in [3.8, 4) is 5.75 Å². The van der Waals surface area contributed by atoms with E-state index >= 15 is 0 Å². The van der Waals surface area contributed by atoms with Crippen molar-refractivity contribution in [3.63, 3.8) is 0 Å². The molecule has 0 bridgehead atoms. The molecule has 4 nitrogen and oxygen atoms in total. The lowest BCUT2D eigenvalue weighted by Gasteiger charge is -2.49. The second kappa shape index (κ2) is 6.81. The van der Waals surface area contributed by atoms with Crippen LogP contribution in [0, 0.1) is 17.3 Å². The molecule has 3 aliphatic carbocycles. The van der Waals surface area contributed by atoms with Gasteiger partial charge in [0.2, 0.25) is 0 Å². The minimum atomic E-state index is -0.797. The van der Waals surface area contributed by atoms with Gasteiger partial charge in [-0.05, 0) is 78.8 Å². The summed E-state index contributed by atoms with van der Waals surface area (Å²) in [6, 6.07) is 15.0. The Morgan fingerprint density at radius 1 is 1.14 bits per heavy atom. The van der Waals surface area contributed by atoms with Crippen molar-refractivity contribution in [2.45, 2.75) is 51.0 Å². The zero-order valence-corrected chi connectivity index (χ0v) is 16.6. The topological polar surface area (TPSA) is 63.6 Å². The molecule has 2 aromatic carbocycles. The van der Waals surface area contributed by atoms with Gasteiger partial charge >= 0.3 is 5.97 Å². The second-order valence-electron chi connectivity index (χ2n) is 9.15. The van der Waals surface area contributed by atoms with Crippen LogP contribution in [0.15, 0.2) is 48.5 Å². The number of Topliss-reactive ketones (excluding diaryl/α,β-unsaturated/α-hetero) is 1. The van der Waals surface area contributed by atoms with Crippen LogP contribution in [-0.2, 0) is 11.2 Å². The Labute approximate surface area is 170 Å². The maximum Gasteiger partial charge on any atom is 0.343 e. The number of aliphatic hydroxyl groups is 1. The molecule has 5 atom stereocenters. The highest BCUT2D eigenvalue weighted by Gasteiger charge is 2.57. The van der Waals surface area contributed by atoms with E-state index in [2.05, 4.69) is 13.0 Å². The van der Waals surface area contributed by atoms with Crippen LogP contribution in [0.1, 0.15) is 60.0 Å². The lowest BCUT2D eigenvalue weighted by molar-refractivity contribution is -0.128. The van der Waals surface area contributed by atoms with Crippen molar-refractivity contribution < 1.29 is 19.4 Å². The summed E-state index contributed by atoms with van der Waals surface area (Å²) in [5.74, 6) is 1.41. The number of carbonyl (C=O) groups is 2. The number of ether oxygens (including phenoxy) is 1. The van der Waals surface area contributed by atoms with E-state index in [0.717, 1.165) is 25.7 Å². The lowest BCUT2D eigenvalue weighted by atomic mass is 9.55. The zero-order valence-electron chi connectivity index (χ0n) is 16.6. The van der Waals surface area contributed by atoms with Gasteiger partial charge in [-0.25, -0.2) is 4.79 Å². The average Bonchev–Trinajstić information content (AvgIpc) is 2.98. The smallest absolute Gasteiger partial charge is 0.343 e. The lowest BCUT2D eigenvalue weighted by Crippen LogP contribution is -2.44. The van der Waals surface area contributed by atoms with Crippen molar-refractivity contribution >= 4 is 11.8 Å². The molecular weight excluding hydrogens is 364 g/mol. The van der Waals surface area contributed by atoms with Gasteiger partial charge in [-0.15, -0.1) is 0 Å². The summed E-state index contributed by atoms with van der Waals surface area (Å²) in [7, 11) is 0. The van der Waals surface area contributed by atoms with Crippen LogP contribution in [0.5, 0.6) is 5.75 Å². The molecule has 0 spiro atoms. The Kier molecular flexibility index (Phi) is 4.36. The van der Waals surface area contributed by atoms with Crippen LogP contribution in [0.2, 0.25) is 0 Å². The minimum Gasteiger partial charge on any atom is -0.423 e. The highest BCUT2D eigenvalue weighted by Crippen LogP contribution is 2.60. The fraction of sp³-hybridized carbons (Fsp3) is 0.440. The quantitative estimate of drug-likeness (QED) is 0.613. The van der Waals surface area contributed by atoms with Crippen LogP contribution >= 0.6 is 0 Å². The van der Waals surface area contributed by atoms with Gasteiger partial charge in [0.05, 0.1) is 5.56 Å². The first-order valence-electron chi connectivity index (χ1n) is 10.6. The Morgan fingerprint density at radius 2 is 1.93 bits per heavy atom. The molecule has 0 amide bonds. The highest BCUT2D eigenvalue weighted by molar-refractivity contribution is 5.91. The number of fused-ring (bicyclic) bond motifs is 5. The number of rotatable bonds is 2. The Balaban J connectivity index is 1.38. The normalized spacial score (nSPS) is 32.8. The van der Waals surface area contributed by atoms with Crippen molar-refractivity contribution in [2.75, 3.05) is 0 Å². The molecule has 150 valence electrons. The number of esters is 1. The third-order valence-electron chi connectivity index (χ3n) is 7.71. The zero-order chi connectivity index (χ0) is 20.2. The van der Waals surface area contributed by atoms with E-state index in [1.54, 1.807) is 12.1 Å². The highest BCUT2D eigenvalue weighted by atomic mass is 16.5. The van der Waals surface area contributed by atoms with Crippen LogP contribution in [0.25, 0.3) is 0 Å². The van der Waals surface area contributed by atoms with Crippen molar-refractivity contribution in [3.05, 3.63) is 65.2 Å². The summed E-state index contributed by atoms with van der Waals surface area (Å²) in [4.78, 5) is 24.6. The van der Waals surface area contributed by atoms with E-state index in [-0.39, 0.29) is 23.1 Å². The standard InChI is InChI=1S/C25H26O4/c1-25-12-11-19-18-10-8-17(29-24(28)15-5-3-2-4-6-15)13-16(18)7-9-20(19)21(25)14-22(26)23(25)27/h2-6,8,10,13,19-21,23,27H,7,9,11-12,14H2,1H3. The van der Waals surface area contributed by atoms with Gasteiger partial charge in [0.15, 0.2) is 5.78 Å². The summed E-state index contributed by atoms with van der Waals surface area (Å²) in [6.45, 7) is 2.10. The third kappa shape index (κ3) is 2.93. The number of hydrogen-bond acceptors (Lipinski definition) is 4. The summed E-state index contributed by atoms with van der Waals surface area (Å²) in [5.41, 5.74) is 2.86. The van der Waals surface area contributed by atoms with Gasteiger partial charge in [-0.2, -0.15) is 0 Å². The first-order chi connectivity index (χ1) is 14.0. The number of hydrogen-bond donors (Lipinski definition) is 1. The SMILES string of the molecule is CC12CCC3c4ccc(OC(=O)c5ccccc5)cc4CCC3C1CC(=O)C2O. The molecule has 4 heteroatoms. The first kappa shape index (κ1) is 18.6. The third-order valence-corrected chi connectivity index (χ3v) is 7.71. The Morgan fingerprint density at radius 3 is 2.72 bits per heavy atom. The van der Waals surface area contributed by atoms with E-state index in [4.69, 9.17) is 4.74 Å². The van der Waals surface area contributed by atoms with Crippen molar-refractivity contribution in [1.29, 1.82) is 0 Å². The number of ketones is 1. The molecule has 0 radical (unpaired) electrons. The molecule has 1 N–H and O–H groups in total. The molecular formula is C25H26O4. The Hall–Kier alpha value is -2.46. The number of carbonyl (C=O) groups excluding carboxylic acids is 2. The van der Waals surface area contributed by atoms with Gasteiger partial charge in [0.1, 0.15) is 11.9 Å². The van der Waals surface area contributed by atoms with E-state index < -0.39 is 6.10 Å². The van der Waals surface area contributed by atoms with Crippen LogP contribution in [0.3, 0.4) is 0 Å². The predicted molar refractivity (Wildman–Crippen MR) is 109 cm³/mol. The monoisotopic (exact) mass is 390 g/mol. The maximum absolute atomic E-state index is 12.4. The van der Waals surface area contributed by atoms with Crippen LogP contribution in [-0.4, -0.2) is 23.0 Å². The van der Waals surface area contributed by atoms with Gasteiger partial charge in [0, 0.05) is 11.8 Å². The molecule has 0 aromatic heterocycles. The molecule has 0 aliphatic heterocycles. The van der Waals surface area contributed by atoms with Gasteiger partial charge in [-0.1, -0.05) is 31.2 Å². The van der Waals surface area contributed by atoms with Gasteiger partial charge < -0.3 is 9.84 Å². The fourth-order valence-electron chi connectivity index (χ4n) is 6.13. The van der Waals surface area contributed by atoms with E-state index in [1.807, 2.05) is 30.3 Å². The molecule has 5 rings (SSSR count). The van der Waals surface area contributed by atoms with E-state index in [0.29, 0.717) is 29.6 Å². The van der Waals surface area contributed by atoms with Crippen molar-refractivity contribution in [2.24, 2.45) is 17.3 Å². The summed E-state index contributed by atoms with van der Waals surface area (Å²) < 4.78 is 5.60. The van der Waals surface area contributed by atoms with Crippen molar-refractivity contribution in [1.82, 2.24) is 0 Å². The molecule has 3 aliphatic rings. The maximum atomic E-state index is 12.4. The van der Waals surface area contributed by atoms with E-state index in [1.165, 1.54) is 11.1 Å². The number of benzene rings is 2. The van der Waals surface area contributed by atoms with Crippen LogP contribution < -0.4 is 4.74 Å². The number of aliphatic hydroxyl groups excluding tert-OH is 1. The number of aryl methyl sites for hydroxylation is 1. The molecule has 0 heterocycles. The molecule has 2 aromatic rings. The minimum absolute atomic E-state index is 0.0205. The molecule has 0 saturated heterocycles. The molecule has 2 fully saturated rings. The summed E-state index contributed by atoms with van der Waals surface area (Å²) in [6.07, 6.45) is 3.54. The molecule has 29 heavy (non-hydrogen) atoms. The second-order valence-corrected chi connectivity index (χ2v) is 9.15. The fourth-order valence-corrected chi connectivity index (χ4v) is 6.13. The summed E-state index contributed by atoms with van der Waals surface area (Å²) in [5, 5.41) is 10.5. The first-order valence-corrected chi connectivity index (χ1v) is 10.6.